The van der Waals surface area contributed by atoms with Gasteiger partial charge in [-0.2, -0.15) is 5.11 Å². The van der Waals surface area contributed by atoms with Gasteiger partial charge in [-0.1, -0.05) is 35.6 Å². The van der Waals surface area contributed by atoms with Crippen molar-refractivity contribution in [3.05, 3.63) is 35.9 Å². The molecule has 0 aliphatic carbocycles. The van der Waals surface area contributed by atoms with Gasteiger partial charge in [0.05, 0.1) is 19.1 Å². The van der Waals surface area contributed by atoms with Crippen LogP contribution in [0.5, 0.6) is 0 Å². The molecule has 6 atom stereocenters. The summed E-state index contributed by atoms with van der Waals surface area (Å²) in [6, 6.07) is 8.26. The maximum atomic E-state index is 13.6. The van der Waals surface area contributed by atoms with Gasteiger partial charge in [0.2, 0.25) is 0 Å². The molecule has 0 amide bonds. The second kappa shape index (κ2) is 8.48. The molecule has 1 aromatic carbocycles. The van der Waals surface area contributed by atoms with Crippen LogP contribution in [0.1, 0.15) is 32.1 Å². The molecule has 0 aromatic heterocycles. The number of aliphatic hydroxyl groups is 1. The van der Waals surface area contributed by atoms with Crippen LogP contribution in [-0.4, -0.2) is 59.0 Å². The summed E-state index contributed by atoms with van der Waals surface area (Å²) in [6.07, 6.45) is -4.80. The summed E-state index contributed by atoms with van der Waals surface area (Å²) in [7, 11) is 0. The van der Waals surface area contributed by atoms with E-state index in [1.165, 1.54) is 13.8 Å². The fourth-order valence-corrected chi connectivity index (χ4v) is 3.16. The Hall–Kier alpha value is -2.14. The lowest BCUT2D eigenvalue weighted by Crippen LogP contribution is -2.61. The Morgan fingerprint density at radius 3 is 2.68 bits per heavy atom. The Labute approximate surface area is 161 Å². The molecule has 0 spiro atoms. The Bertz CT molecular complexity index is 698. The Kier molecular flexibility index (Phi) is 6.23. The van der Waals surface area contributed by atoms with E-state index in [0.717, 1.165) is 5.56 Å². The molecule has 3 rings (SSSR count). The van der Waals surface area contributed by atoms with Crippen LogP contribution >= 0.6 is 0 Å². The predicted octanol–water partition coefficient (Wildman–Crippen LogP) is 1.73. The van der Waals surface area contributed by atoms with E-state index in [1.807, 2.05) is 30.3 Å². The Morgan fingerprint density at radius 1 is 1.32 bits per heavy atom. The number of hydrogen-bond donors (Lipinski definition) is 3. The van der Waals surface area contributed by atoms with Gasteiger partial charge >= 0.3 is 5.97 Å². The van der Waals surface area contributed by atoms with Crippen molar-refractivity contribution in [3.63, 3.8) is 0 Å². The highest BCUT2D eigenvalue weighted by Gasteiger charge is 2.50. The standard InChI is InChI=1S/C18H24FN3O6/c1-18(2,19)21-22-20-14-15(25)11(8-13(23)24)27-12-9-26-17(28-16(12)14)10-6-4-3-5-7-10/h3-7,11-12,14-17,25H,8-9H2,1-2H3,(H,20,21)(H,23,24)/t11-,12+,14+,15-,16-,17?/m0/s1. The summed E-state index contributed by atoms with van der Waals surface area (Å²) >= 11 is 0. The summed E-state index contributed by atoms with van der Waals surface area (Å²) in [5.74, 6) is -2.93. The molecule has 0 saturated carbocycles. The summed E-state index contributed by atoms with van der Waals surface area (Å²) in [5.41, 5.74) is 3.00. The van der Waals surface area contributed by atoms with E-state index in [4.69, 9.17) is 19.3 Å². The van der Waals surface area contributed by atoms with Crippen LogP contribution in [0.25, 0.3) is 0 Å². The highest BCUT2D eigenvalue weighted by Crippen LogP contribution is 2.36. The van der Waals surface area contributed by atoms with E-state index in [9.17, 15) is 14.3 Å². The average molecular weight is 397 g/mol. The molecule has 0 radical (unpaired) electrons. The molecule has 2 aliphatic rings. The van der Waals surface area contributed by atoms with E-state index in [0.29, 0.717) is 0 Å². The zero-order valence-corrected chi connectivity index (χ0v) is 15.6. The first kappa shape index (κ1) is 20.6. The first-order valence-electron chi connectivity index (χ1n) is 8.98. The number of aliphatic carboxylic acids is 1. The van der Waals surface area contributed by atoms with E-state index in [-0.39, 0.29) is 6.61 Å². The zero-order valence-electron chi connectivity index (χ0n) is 15.6. The summed E-state index contributed by atoms with van der Waals surface area (Å²) in [4.78, 5) is 11.1. The molecule has 2 fully saturated rings. The number of benzene rings is 1. The average Bonchev–Trinajstić information content (AvgIpc) is 2.63. The normalized spacial score (nSPS) is 33.4. The first-order chi connectivity index (χ1) is 13.2. The number of carboxylic acid groups (broad SMARTS) is 1. The summed E-state index contributed by atoms with van der Waals surface area (Å²) in [6.45, 7) is 2.65. The van der Waals surface area contributed by atoms with Crippen LogP contribution in [0.4, 0.5) is 4.39 Å². The molecule has 2 saturated heterocycles. The van der Waals surface area contributed by atoms with Gasteiger partial charge in [-0.05, 0) is 13.8 Å². The minimum atomic E-state index is -1.80. The van der Waals surface area contributed by atoms with Gasteiger partial charge in [0.25, 0.3) is 0 Å². The van der Waals surface area contributed by atoms with Crippen molar-refractivity contribution in [2.75, 3.05) is 6.61 Å². The zero-order chi connectivity index (χ0) is 20.3. The molecule has 3 N–H and O–H groups in total. The molecule has 10 heteroatoms. The molecular weight excluding hydrogens is 373 g/mol. The Morgan fingerprint density at radius 2 is 2.04 bits per heavy atom. The predicted molar refractivity (Wildman–Crippen MR) is 93.9 cm³/mol. The molecule has 154 valence electrons. The number of carbonyl (C=O) groups is 1. The highest BCUT2D eigenvalue weighted by atomic mass is 19.1. The van der Waals surface area contributed by atoms with Crippen LogP contribution < -0.4 is 5.43 Å². The first-order valence-corrected chi connectivity index (χ1v) is 8.98. The van der Waals surface area contributed by atoms with Crippen LogP contribution in [0.15, 0.2) is 40.7 Å². The van der Waals surface area contributed by atoms with Crippen molar-refractivity contribution in [2.24, 2.45) is 10.3 Å². The number of fused-ring (bicyclic) bond motifs is 1. The second-order valence-corrected chi connectivity index (χ2v) is 7.27. The van der Waals surface area contributed by atoms with Gasteiger partial charge in [0, 0.05) is 5.56 Å². The topological polar surface area (TPSA) is 122 Å². The lowest BCUT2D eigenvalue weighted by atomic mass is 9.91. The van der Waals surface area contributed by atoms with Crippen molar-refractivity contribution in [1.29, 1.82) is 0 Å². The van der Waals surface area contributed by atoms with Crippen LogP contribution in [0, 0.1) is 0 Å². The van der Waals surface area contributed by atoms with E-state index in [2.05, 4.69) is 15.8 Å². The number of rotatable bonds is 6. The van der Waals surface area contributed by atoms with Crippen molar-refractivity contribution in [3.8, 4) is 0 Å². The maximum Gasteiger partial charge on any atom is 0.306 e. The SMILES string of the molecule is CC(C)(F)NN=N[C@@H]1[C@@H](O)[C@H](CC(=O)O)O[C@@H]2COC(c3ccccc3)O[C@H]12. The number of aliphatic hydroxyl groups excluding tert-OH is 1. The van der Waals surface area contributed by atoms with Gasteiger partial charge in [0.1, 0.15) is 24.4 Å². The largest absolute Gasteiger partial charge is 0.481 e. The van der Waals surface area contributed by atoms with Crippen LogP contribution in [0.3, 0.4) is 0 Å². The van der Waals surface area contributed by atoms with Gasteiger partial charge in [-0.15, -0.1) is 0 Å². The number of nitrogens with one attached hydrogen (secondary N) is 1. The van der Waals surface area contributed by atoms with Gasteiger partial charge in [0.15, 0.2) is 12.1 Å². The van der Waals surface area contributed by atoms with Crippen LogP contribution in [-0.2, 0) is 19.0 Å². The van der Waals surface area contributed by atoms with E-state index < -0.39 is 54.9 Å². The molecule has 2 heterocycles. The minimum absolute atomic E-state index is 0.126. The smallest absolute Gasteiger partial charge is 0.306 e. The quantitative estimate of drug-likeness (QED) is 0.380. The maximum absolute atomic E-state index is 13.6. The van der Waals surface area contributed by atoms with Gasteiger partial charge in [-0.25, -0.2) is 4.39 Å². The molecular formula is C18H24FN3O6. The second-order valence-electron chi connectivity index (χ2n) is 7.27. The molecule has 1 aromatic rings. The van der Waals surface area contributed by atoms with Crippen molar-refractivity contribution in [2.45, 2.75) is 62.8 Å². The van der Waals surface area contributed by atoms with E-state index >= 15 is 0 Å². The van der Waals surface area contributed by atoms with E-state index in [1.54, 1.807) is 0 Å². The monoisotopic (exact) mass is 397 g/mol. The third-order valence-electron chi connectivity index (χ3n) is 4.43. The third-order valence-corrected chi connectivity index (χ3v) is 4.43. The Balaban J connectivity index is 1.81. The number of nitrogens with zero attached hydrogens (tertiary/aromatic N) is 2. The number of hydrogen-bond acceptors (Lipinski definition) is 7. The summed E-state index contributed by atoms with van der Waals surface area (Å²) in [5, 5.41) is 27.3. The number of ether oxygens (including phenoxy) is 3. The molecule has 0 bridgehead atoms. The molecule has 2 aliphatic heterocycles. The van der Waals surface area contributed by atoms with Gasteiger partial charge < -0.3 is 24.4 Å². The van der Waals surface area contributed by atoms with Crippen molar-refractivity contribution in [1.82, 2.24) is 5.43 Å². The van der Waals surface area contributed by atoms with Crippen molar-refractivity contribution < 1.29 is 33.6 Å². The highest BCUT2D eigenvalue weighted by molar-refractivity contribution is 5.67. The summed E-state index contributed by atoms with van der Waals surface area (Å²) < 4.78 is 31.0. The number of halogens is 1. The minimum Gasteiger partial charge on any atom is -0.481 e. The van der Waals surface area contributed by atoms with Gasteiger partial charge in [-0.3, -0.25) is 10.2 Å². The lowest BCUT2D eigenvalue weighted by molar-refractivity contribution is -0.307. The molecule has 9 nitrogen and oxygen atoms in total. The number of alkyl halides is 1. The molecule has 1 unspecified atom stereocenters. The lowest BCUT2D eigenvalue weighted by Gasteiger charge is -2.46. The molecule has 28 heavy (non-hydrogen) atoms. The fourth-order valence-electron chi connectivity index (χ4n) is 3.16. The van der Waals surface area contributed by atoms with Crippen LogP contribution in [0.2, 0.25) is 0 Å². The number of carboxylic acids is 1. The third kappa shape index (κ3) is 5.02. The van der Waals surface area contributed by atoms with Crippen molar-refractivity contribution >= 4 is 5.97 Å². The fraction of sp³-hybridized carbons (Fsp3) is 0.611.